The number of rotatable bonds is 4. The van der Waals surface area contributed by atoms with Crippen LogP contribution in [0.4, 0.5) is 0 Å². The minimum Gasteiger partial charge on any atom is -0.409 e. The van der Waals surface area contributed by atoms with Crippen LogP contribution in [-0.2, 0) is 7.05 Å². The van der Waals surface area contributed by atoms with Gasteiger partial charge in [-0.15, -0.1) is 0 Å². The average molecular weight is 239 g/mol. The van der Waals surface area contributed by atoms with E-state index in [0.717, 1.165) is 0 Å². The molecule has 0 aliphatic rings. The smallest absolute Gasteiger partial charge is 0.254 e. The van der Waals surface area contributed by atoms with Crippen molar-refractivity contribution in [2.24, 2.45) is 17.9 Å². The number of nitrogens with one attached hydrogen (secondary N) is 1. The van der Waals surface area contributed by atoms with Gasteiger partial charge >= 0.3 is 0 Å². The fourth-order valence-electron chi connectivity index (χ4n) is 1.53. The summed E-state index contributed by atoms with van der Waals surface area (Å²) >= 11 is 0. The number of carbonyl (C=O) groups excluding carboxylic acids is 1. The molecule has 7 nitrogen and oxygen atoms in total. The first-order chi connectivity index (χ1) is 7.93. The van der Waals surface area contributed by atoms with Gasteiger partial charge in [-0.05, 0) is 13.8 Å². The molecular weight excluding hydrogens is 222 g/mol. The summed E-state index contributed by atoms with van der Waals surface area (Å²) in [6, 6.07) is -0.210. The summed E-state index contributed by atoms with van der Waals surface area (Å²) in [5.74, 6) is -0.130. The molecule has 17 heavy (non-hydrogen) atoms. The Morgan fingerprint density at radius 1 is 1.76 bits per heavy atom. The highest BCUT2D eigenvalue weighted by Crippen LogP contribution is 2.05. The number of oxime groups is 1. The van der Waals surface area contributed by atoms with Crippen LogP contribution in [0.3, 0.4) is 0 Å². The van der Waals surface area contributed by atoms with Crippen molar-refractivity contribution in [3.63, 3.8) is 0 Å². The quantitative estimate of drug-likeness (QED) is 0.297. The molecule has 1 aromatic rings. The molecule has 1 atom stereocenters. The third-order valence-corrected chi connectivity index (χ3v) is 2.28. The van der Waals surface area contributed by atoms with Crippen LogP contribution in [0.25, 0.3) is 0 Å². The molecule has 0 fully saturated rings. The first kappa shape index (κ1) is 13.0. The van der Waals surface area contributed by atoms with Crippen molar-refractivity contribution in [3.05, 3.63) is 17.5 Å². The molecule has 0 aromatic carbocycles. The summed E-state index contributed by atoms with van der Waals surface area (Å²) in [4.78, 5) is 11.9. The van der Waals surface area contributed by atoms with Crippen molar-refractivity contribution in [3.8, 4) is 0 Å². The lowest BCUT2D eigenvalue weighted by atomic mass is 10.2. The lowest BCUT2D eigenvalue weighted by Crippen LogP contribution is -2.35. The summed E-state index contributed by atoms with van der Waals surface area (Å²) in [6.45, 7) is 3.55. The molecule has 0 radical (unpaired) electrons. The summed E-state index contributed by atoms with van der Waals surface area (Å²) in [7, 11) is 1.75. The molecular formula is C10H17N5O2. The van der Waals surface area contributed by atoms with E-state index in [1.807, 2.05) is 0 Å². The van der Waals surface area contributed by atoms with Gasteiger partial charge in [0, 0.05) is 25.7 Å². The lowest BCUT2D eigenvalue weighted by Gasteiger charge is -2.12. The van der Waals surface area contributed by atoms with E-state index in [9.17, 15) is 4.79 Å². The van der Waals surface area contributed by atoms with Crippen LogP contribution in [0.5, 0.6) is 0 Å². The van der Waals surface area contributed by atoms with E-state index in [-0.39, 0.29) is 17.8 Å². The molecule has 7 heteroatoms. The topological polar surface area (TPSA) is 106 Å². The number of aryl methyl sites for hydroxylation is 2. The van der Waals surface area contributed by atoms with E-state index >= 15 is 0 Å². The van der Waals surface area contributed by atoms with Crippen molar-refractivity contribution < 1.29 is 10.0 Å². The molecule has 1 aromatic heterocycles. The number of amidine groups is 1. The number of carbonyl (C=O) groups is 1. The first-order valence-corrected chi connectivity index (χ1v) is 5.21. The van der Waals surface area contributed by atoms with Crippen LogP contribution in [0.1, 0.15) is 29.4 Å². The van der Waals surface area contributed by atoms with Crippen LogP contribution in [0.15, 0.2) is 11.4 Å². The van der Waals surface area contributed by atoms with Gasteiger partial charge in [-0.1, -0.05) is 5.16 Å². The zero-order valence-electron chi connectivity index (χ0n) is 10.1. The van der Waals surface area contributed by atoms with Gasteiger partial charge in [-0.3, -0.25) is 9.48 Å². The van der Waals surface area contributed by atoms with E-state index in [4.69, 9.17) is 10.9 Å². The number of aromatic nitrogens is 2. The molecule has 4 N–H and O–H groups in total. The Balaban J connectivity index is 2.63. The van der Waals surface area contributed by atoms with Gasteiger partial charge in [-0.2, -0.15) is 5.10 Å². The Morgan fingerprint density at radius 2 is 2.41 bits per heavy atom. The normalized spacial score (nSPS) is 13.5. The highest BCUT2D eigenvalue weighted by Gasteiger charge is 2.15. The van der Waals surface area contributed by atoms with Crippen LogP contribution in [0.2, 0.25) is 0 Å². The van der Waals surface area contributed by atoms with Crippen LogP contribution in [-0.4, -0.2) is 32.8 Å². The van der Waals surface area contributed by atoms with E-state index in [2.05, 4.69) is 15.6 Å². The summed E-state index contributed by atoms with van der Waals surface area (Å²) < 4.78 is 1.58. The fourth-order valence-corrected chi connectivity index (χ4v) is 1.53. The minimum atomic E-state index is -0.214. The van der Waals surface area contributed by atoms with E-state index in [1.165, 1.54) is 0 Å². The van der Waals surface area contributed by atoms with Crippen molar-refractivity contribution >= 4 is 11.7 Å². The van der Waals surface area contributed by atoms with Gasteiger partial charge in [0.2, 0.25) is 0 Å². The van der Waals surface area contributed by atoms with Crippen molar-refractivity contribution in [1.82, 2.24) is 15.1 Å². The maximum absolute atomic E-state index is 11.9. The number of amides is 1. The van der Waals surface area contributed by atoms with Crippen LogP contribution < -0.4 is 11.1 Å². The summed E-state index contributed by atoms with van der Waals surface area (Å²) in [5.41, 5.74) is 6.55. The molecule has 0 bridgehead atoms. The predicted molar refractivity (Wildman–Crippen MR) is 62.9 cm³/mol. The monoisotopic (exact) mass is 239 g/mol. The Bertz CT molecular complexity index is 438. The maximum atomic E-state index is 11.9. The molecule has 0 aliphatic carbocycles. The van der Waals surface area contributed by atoms with E-state index in [0.29, 0.717) is 17.7 Å². The number of nitrogens with zero attached hydrogens (tertiary/aromatic N) is 3. The SMILES string of the molecule is Cc1nn(C)cc1C(=O)NC(C)CC(N)=NO. The lowest BCUT2D eigenvalue weighted by molar-refractivity contribution is 0.0940. The Morgan fingerprint density at radius 3 is 2.88 bits per heavy atom. The van der Waals surface area contributed by atoms with Crippen molar-refractivity contribution in [2.75, 3.05) is 0 Å². The van der Waals surface area contributed by atoms with Gasteiger partial charge < -0.3 is 16.3 Å². The maximum Gasteiger partial charge on any atom is 0.254 e. The zero-order valence-corrected chi connectivity index (χ0v) is 10.1. The standard InChI is InChI=1S/C10H17N5O2/c1-6(4-9(11)14-17)12-10(16)8-5-15(3)13-7(8)2/h5-6,17H,4H2,1-3H3,(H2,11,14)(H,12,16). The van der Waals surface area contributed by atoms with Gasteiger partial charge in [0.1, 0.15) is 5.84 Å². The molecule has 94 valence electrons. The second-order valence-electron chi connectivity index (χ2n) is 3.97. The number of nitrogens with two attached hydrogens (primary N) is 1. The van der Waals surface area contributed by atoms with E-state index in [1.54, 1.807) is 31.8 Å². The fraction of sp³-hybridized carbons (Fsp3) is 0.500. The summed E-state index contributed by atoms with van der Waals surface area (Å²) in [5, 5.41) is 18.1. The third kappa shape index (κ3) is 3.47. The Hall–Kier alpha value is -2.05. The minimum absolute atomic E-state index is 0.0840. The molecule has 0 saturated heterocycles. The first-order valence-electron chi connectivity index (χ1n) is 5.21. The number of hydrogen-bond acceptors (Lipinski definition) is 4. The molecule has 1 amide bonds. The van der Waals surface area contributed by atoms with Gasteiger partial charge in [0.05, 0.1) is 11.3 Å². The van der Waals surface area contributed by atoms with Crippen molar-refractivity contribution in [1.29, 1.82) is 0 Å². The molecule has 1 heterocycles. The van der Waals surface area contributed by atoms with E-state index < -0.39 is 0 Å². The van der Waals surface area contributed by atoms with Crippen molar-refractivity contribution in [2.45, 2.75) is 26.3 Å². The molecule has 0 aliphatic heterocycles. The summed E-state index contributed by atoms with van der Waals surface area (Å²) in [6.07, 6.45) is 1.95. The highest BCUT2D eigenvalue weighted by atomic mass is 16.4. The molecule has 0 saturated carbocycles. The van der Waals surface area contributed by atoms with Gasteiger partial charge in [-0.25, -0.2) is 0 Å². The van der Waals surface area contributed by atoms with Gasteiger partial charge in [0.15, 0.2) is 0 Å². The predicted octanol–water partition coefficient (Wildman–Crippen LogP) is -0.0167. The average Bonchev–Trinajstić information content (AvgIpc) is 2.57. The zero-order chi connectivity index (χ0) is 13.0. The second kappa shape index (κ2) is 5.33. The molecule has 1 unspecified atom stereocenters. The van der Waals surface area contributed by atoms with Crippen LogP contribution >= 0.6 is 0 Å². The largest absolute Gasteiger partial charge is 0.409 e. The Labute approximate surface area is 99.3 Å². The third-order valence-electron chi connectivity index (χ3n) is 2.28. The Kier molecular flexibility index (Phi) is 4.08. The second-order valence-corrected chi connectivity index (χ2v) is 3.97. The van der Waals surface area contributed by atoms with Crippen LogP contribution in [0, 0.1) is 6.92 Å². The molecule has 0 spiro atoms. The van der Waals surface area contributed by atoms with Gasteiger partial charge in [0.25, 0.3) is 5.91 Å². The number of hydrogen-bond donors (Lipinski definition) is 3. The highest BCUT2D eigenvalue weighted by molar-refractivity contribution is 5.95. The molecule has 1 rings (SSSR count).